The molecule has 0 aromatic carbocycles. The highest BCUT2D eigenvalue weighted by Gasteiger charge is 2.11. The van der Waals surface area contributed by atoms with E-state index in [1.807, 2.05) is 0 Å². The third-order valence-electron chi connectivity index (χ3n) is 1.32. The van der Waals surface area contributed by atoms with Gasteiger partial charge in [0.1, 0.15) is 5.82 Å². The molecule has 66 valence electrons. The van der Waals surface area contributed by atoms with Gasteiger partial charge in [0.05, 0.1) is 0 Å². The molecular weight excluding hydrogens is 178 g/mol. The van der Waals surface area contributed by atoms with E-state index in [1.165, 1.54) is 6.20 Å². The van der Waals surface area contributed by atoms with Crippen LogP contribution in [0.3, 0.4) is 0 Å². The number of nitrogens with two attached hydrogens (primary N) is 1. The van der Waals surface area contributed by atoms with Crippen molar-refractivity contribution in [3.05, 3.63) is 11.8 Å². The summed E-state index contributed by atoms with van der Waals surface area (Å²) in [5.74, 6) is 0.199. The van der Waals surface area contributed by atoms with Crippen LogP contribution in [0.25, 0.3) is 0 Å². The van der Waals surface area contributed by atoms with Crippen LogP contribution in [0.15, 0.2) is 11.4 Å². The summed E-state index contributed by atoms with van der Waals surface area (Å²) in [5.41, 5.74) is 6.07. The van der Waals surface area contributed by atoms with E-state index in [9.17, 15) is 8.42 Å². The minimum absolute atomic E-state index is 0.199. The largest absolute Gasteiger partial charge is 0.383 e. The second kappa shape index (κ2) is 2.71. The van der Waals surface area contributed by atoms with Crippen LogP contribution in [-0.4, -0.2) is 24.6 Å². The number of hydrogen-bond acceptors (Lipinski definition) is 5. The van der Waals surface area contributed by atoms with Gasteiger partial charge >= 0.3 is 0 Å². The molecule has 0 aliphatic rings. The Bertz CT molecular complexity index is 399. The maximum atomic E-state index is 10.9. The van der Waals surface area contributed by atoms with Gasteiger partial charge in [-0.1, -0.05) is 0 Å². The lowest BCUT2D eigenvalue weighted by Crippen LogP contribution is -2.06. The van der Waals surface area contributed by atoms with Crippen molar-refractivity contribution in [1.82, 2.24) is 9.97 Å². The molecule has 1 heterocycles. The van der Waals surface area contributed by atoms with E-state index < -0.39 is 9.84 Å². The molecule has 1 rings (SSSR count). The molecule has 0 bridgehead atoms. The summed E-state index contributed by atoms with van der Waals surface area (Å²) in [7, 11) is -3.34. The van der Waals surface area contributed by atoms with Crippen LogP contribution in [0.5, 0.6) is 0 Å². The van der Waals surface area contributed by atoms with Crippen molar-refractivity contribution in [2.24, 2.45) is 0 Å². The topological polar surface area (TPSA) is 85.9 Å². The first-order valence-corrected chi connectivity index (χ1v) is 5.09. The number of rotatable bonds is 1. The monoisotopic (exact) mass is 187 g/mol. The lowest BCUT2D eigenvalue weighted by molar-refractivity contribution is 0.593. The highest BCUT2D eigenvalue weighted by atomic mass is 32.2. The van der Waals surface area contributed by atoms with Crippen LogP contribution in [0, 0.1) is 6.92 Å². The molecule has 12 heavy (non-hydrogen) atoms. The molecule has 0 atom stereocenters. The highest BCUT2D eigenvalue weighted by molar-refractivity contribution is 7.90. The van der Waals surface area contributed by atoms with Crippen LogP contribution < -0.4 is 5.73 Å². The van der Waals surface area contributed by atoms with Gasteiger partial charge in [0.2, 0.25) is 15.0 Å². The summed E-state index contributed by atoms with van der Waals surface area (Å²) in [6, 6.07) is 0. The smallest absolute Gasteiger partial charge is 0.248 e. The quantitative estimate of drug-likeness (QED) is 0.614. The fourth-order valence-electron chi connectivity index (χ4n) is 0.617. The molecular formula is C6H9N3O2S. The van der Waals surface area contributed by atoms with Crippen LogP contribution >= 0.6 is 0 Å². The van der Waals surface area contributed by atoms with Gasteiger partial charge in [-0.2, -0.15) is 0 Å². The molecule has 0 saturated carbocycles. The lowest BCUT2D eigenvalue weighted by atomic mass is 10.4. The number of nitrogen functional groups attached to an aromatic ring is 1. The lowest BCUT2D eigenvalue weighted by Gasteiger charge is -1.99. The molecule has 0 fully saturated rings. The standard InChI is InChI=1S/C6H9N3O2S/c1-4-3-8-6(9-5(4)7)12(2,10)11/h3H,1-2H3,(H2,7,8,9). The van der Waals surface area contributed by atoms with Gasteiger partial charge in [0.25, 0.3) is 0 Å². The summed E-state index contributed by atoms with van der Waals surface area (Å²) in [4.78, 5) is 7.25. The number of sulfone groups is 1. The van der Waals surface area contributed by atoms with Crippen LogP contribution in [0.4, 0.5) is 5.82 Å². The molecule has 1 aromatic heterocycles. The maximum absolute atomic E-state index is 10.9. The van der Waals surface area contributed by atoms with Gasteiger partial charge in [-0.25, -0.2) is 18.4 Å². The molecule has 5 nitrogen and oxygen atoms in total. The van der Waals surface area contributed by atoms with Gasteiger partial charge < -0.3 is 5.73 Å². The molecule has 1 aromatic rings. The first-order chi connectivity index (χ1) is 5.41. The highest BCUT2D eigenvalue weighted by Crippen LogP contribution is 2.08. The van der Waals surface area contributed by atoms with E-state index in [0.29, 0.717) is 5.56 Å². The number of anilines is 1. The summed E-state index contributed by atoms with van der Waals surface area (Å²) in [6.45, 7) is 1.71. The molecule has 0 saturated heterocycles. The van der Waals surface area contributed by atoms with Crippen molar-refractivity contribution in [2.45, 2.75) is 12.1 Å². The van der Waals surface area contributed by atoms with Gasteiger partial charge in [0.15, 0.2) is 0 Å². The Balaban J connectivity index is 3.33. The predicted molar refractivity (Wildman–Crippen MR) is 44.3 cm³/mol. The van der Waals surface area contributed by atoms with Crippen LogP contribution in [-0.2, 0) is 9.84 Å². The normalized spacial score (nSPS) is 11.5. The predicted octanol–water partition coefficient (Wildman–Crippen LogP) is -0.229. The van der Waals surface area contributed by atoms with Gasteiger partial charge in [-0.15, -0.1) is 0 Å². The number of hydrogen-bond donors (Lipinski definition) is 1. The maximum Gasteiger partial charge on any atom is 0.248 e. The third-order valence-corrected chi connectivity index (χ3v) is 2.18. The minimum atomic E-state index is -3.34. The first-order valence-electron chi connectivity index (χ1n) is 3.20. The van der Waals surface area contributed by atoms with E-state index in [4.69, 9.17) is 5.73 Å². The number of nitrogens with zero attached hydrogens (tertiary/aromatic N) is 2. The summed E-state index contributed by atoms with van der Waals surface area (Å²) >= 11 is 0. The van der Waals surface area contributed by atoms with E-state index in [-0.39, 0.29) is 11.0 Å². The summed E-state index contributed by atoms with van der Waals surface area (Å²) in [6.07, 6.45) is 2.43. The van der Waals surface area contributed by atoms with Crippen LogP contribution in [0.1, 0.15) is 5.56 Å². The average Bonchev–Trinajstić information content (AvgIpc) is 1.92. The molecule has 6 heteroatoms. The van der Waals surface area contributed by atoms with Crippen LogP contribution in [0.2, 0.25) is 0 Å². The zero-order valence-electron chi connectivity index (χ0n) is 6.77. The molecule has 0 spiro atoms. The average molecular weight is 187 g/mol. The van der Waals surface area contributed by atoms with E-state index >= 15 is 0 Å². The minimum Gasteiger partial charge on any atom is -0.383 e. The van der Waals surface area contributed by atoms with E-state index in [0.717, 1.165) is 6.26 Å². The zero-order valence-corrected chi connectivity index (χ0v) is 7.59. The fraction of sp³-hybridized carbons (Fsp3) is 0.333. The van der Waals surface area contributed by atoms with Crippen molar-refractivity contribution in [2.75, 3.05) is 12.0 Å². The van der Waals surface area contributed by atoms with Crippen molar-refractivity contribution < 1.29 is 8.42 Å². The van der Waals surface area contributed by atoms with E-state index in [1.54, 1.807) is 6.92 Å². The molecule has 0 aliphatic heterocycles. The second-order valence-corrected chi connectivity index (χ2v) is 4.40. The Hall–Kier alpha value is -1.17. The van der Waals surface area contributed by atoms with Crippen molar-refractivity contribution in [3.63, 3.8) is 0 Å². The molecule has 0 radical (unpaired) electrons. The fourth-order valence-corrected chi connectivity index (χ4v) is 1.13. The van der Waals surface area contributed by atoms with Gasteiger partial charge in [-0.05, 0) is 6.92 Å². The third kappa shape index (κ3) is 1.70. The summed E-state index contributed by atoms with van der Waals surface area (Å²) < 4.78 is 21.8. The Morgan fingerprint density at radius 3 is 2.50 bits per heavy atom. The van der Waals surface area contributed by atoms with Crippen molar-refractivity contribution >= 4 is 15.7 Å². The Morgan fingerprint density at radius 2 is 2.08 bits per heavy atom. The Labute approximate surface area is 70.6 Å². The van der Waals surface area contributed by atoms with E-state index in [2.05, 4.69) is 9.97 Å². The van der Waals surface area contributed by atoms with Gasteiger partial charge in [0, 0.05) is 18.0 Å². The zero-order chi connectivity index (χ0) is 9.35. The van der Waals surface area contributed by atoms with Gasteiger partial charge in [-0.3, -0.25) is 0 Å². The van der Waals surface area contributed by atoms with Crippen molar-refractivity contribution in [3.8, 4) is 0 Å². The Kier molecular flexibility index (Phi) is 2.01. The number of aromatic nitrogens is 2. The molecule has 2 N–H and O–H groups in total. The second-order valence-electron chi connectivity index (χ2n) is 2.49. The Morgan fingerprint density at radius 1 is 1.50 bits per heavy atom. The summed E-state index contributed by atoms with van der Waals surface area (Å²) in [5, 5.41) is -0.231. The molecule has 0 aliphatic carbocycles. The SMILES string of the molecule is Cc1cnc(S(C)(=O)=O)nc1N. The first kappa shape index (κ1) is 8.92. The number of aryl methyl sites for hydroxylation is 1. The van der Waals surface area contributed by atoms with Crippen molar-refractivity contribution in [1.29, 1.82) is 0 Å². The molecule has 0 unspecified atom stereocenters. The molecule has 0 amide bonds.